The number of carbonyl (C=O) groups excluding carboxylic acids is 2. The Morgan fingerprint density at radius 1 is 1.12 bits per heavy atom. The first-order valence-corrected chi connectivity index (χ1v) is 8.13. The number of H-pyrrole nitrogens is 1. The van der Waals surface area contributed by atoms with Crippen molar-refractivity contribution in [2.45, 2.75) is 17.3 Å². The Morgan fingerprint density at radius 2 is 1.88 bits per heavy atom. The number of nitrogens with zero attached hydrogens (tertiary/aromatic N) is 2. The minimum atomic E-state index is -0.427. The number of thioether (sulfide) groups is 1. The van der Waals surface area contributed by atoms with Crippen molar-refractivity contribution in [1.29, 1.82) is 0 Å². The maximum atomic E-state index is 12.1. The third-order valence-corrected chi connectivity index (χ3v) is 4.25. The molecule has 1 atom stereocenters. The molecule has 3 N–H and O–H groups in total. The van der Waals surface area contributed by atoms with Gasteiger partial charge in [-0.2, -0.15) is 0 Å². The van der Waals surface area contributed by atoms with Crippen molar-refractivity contribution < 1.29 is 9.59 Å². The molecular formula is C16H15N5O2S. The van der Waals surface area contributed by atoms with Crippen LogP contribution in [0.4, 0.5) is 0 Å². The summed E-state index contributed by atoms with van der Waals surface area (Å²) in [6, 6.07) is 10.8. The number of benzene rings is 1. The number of hydrogen-bond donors (Lipinski definition) is 3. The molecule has 122 valence electrons. The zero-order valence-corrected chi connectivity index (χ0v) is 13.6. The maximum Gasteiger partial charge on any atom is 0.269 e. The molecular weight excluding hydrogens is 326 g/mol. The van der Waals surface area contributed by atoms with Crippen LogP contribution in [-0.4, -0.2) is 32.0 Å². The minimum absolute atomic E-state index is 0.317. The van der Waals surface area contributed by atoms with Gasteiger partial charge in [-0.3, -0.25) is 25.4 Å². The van der Waals surface area contributed by atoms with Crippen LogP contribution in [0.1, 0.15) is 17.3 Å². The molecule has 24 heavy (non-hydrogen) atoms. The zero-order valence-electron chi connectivity index (χ0n) is 12.8. The molecule has 3 aromatic rings. The highest BCUT2D eigenvalue weighted by Crippen LogP contribution is 2.23. The first-order valence-electron chi connectivity index (χ1n) is 7.25. The fourth-order valence-corrected chi connectivity index (χ4v) is 2.82. The lowest BCUT2D eigenvalue weighted by atomic mass is 10.3. The molecule has 0 aliphatic carbocycles. The van der Waals surface area contributed by atoms with Crippen LogP contribution in [0, 0.1) is 0 Å². The number of fused-ring (bicyclic) bond motifs is 1. The van der Waals surface area contributed by atoms with Gasteiger partial charge in [0.05, 0.1) is 16.3 Å². The molecule has 0 saturated heterocycles. The minimum Gasteiger partial charge on any atom is -0.333 e. The van der Waals surface area contributed by atoms with Crippen LogP contribution in [0.25, 0.3) is 11.0 Å². The maximum absolute atomic E-state index is 12.1. The number of hydrazine groups is 1. The van der Waals surface area contributed by atoms with E-state index in [9.17, 15) is 9.59 Å². The molecule has 3 rings (SSSR count). The summed E-state index contributed by atoms with van der Waals surface area (Å²) in [6.45, 7) is 1.74. The van der Waals surface area contributed by atoms with Gasteiger partial charge in [0.25, 0.3) is 11.8 Å². The highest BCUT2D eigenvalue weighted by Gasteiger charge is 2.17. The lowest BCUT2D eigenvalue weighted by Gasteiger charge is -2.11. The summed E-state index contributed by atoms with van der Waals surface area (Å²) in [7, 11) is 0. The van der Waals surface area contributed by atoms with E-state index in [-0.39, 0.29) is 5.91 Å². The predicted molar refractivity (Wildman–Crippen MR) is 91.3 cm³/mol. The second-order valence-electron chi connectivity index (χ2n) is 5.00. The van der Waals surface area contributed by atoms with E-state index in [2.05, 4.69) is 25.8 Å². The van der Waals surface area contributed by atoms with Crippen molar-refractivity contribution in [3.63, 3.8) is 0 Å². The molecule has 0 bridgehead atoms. The highest BCUT2D eigenvalue weighted by molar-refractivity contribution is 8.00. The summed E-state index contributed by atoms with van der Waals surface area (Å²) in [5.41, 5.74) is 6.98. The predicted octanol–water partition coefficient (Wildman–Crippen LogP) is 1.90. The van der Waals surface area contributed by atoms with Crippen LogP contribution in [-0.2, 0) is 4.79 Å². The van der Waals surface area contributed by atoms with Crippen LogP contribution >= 0.6 is 11.8 Å². The van der Waals surface area contributed by atoms with Gasteiger partial charge in [-0.25, -0.2) is 4.98 Å². The number of carbonyl (C=O) groups is 2. The van der Waals surface area contributed by atoms with Gasteiger partial charge in [-0.15, -0.1) is 0 Å². The van der Waals surface area contributed by atoms with Crippen molar-refractivity contribution in [1.82, 2.24) is 25.8 Å². The number of imidazole rings is 1. The molecule has 1 aromatic carbocycles. The summed E-state index contributed by atoms with van der Waals surface area (Å²) in [5.74, 6) is -0.713. The second-order valence-corrected chi connectivity index (χ2v) is 6.33. The Labute approximate surface area is 142 Å². The summed E-state index contributed by atoms with van der Waals surface area (Å²) >= 11 is 1.28. The quantitative estimate of drug-likeness (QED) is 0.497. The number of aromatic amines is 1. The van der Waals surface area contributed by atoms with E-state index in [1.54, 1.807) is 19.1 Å². The Morgan fingerprint density at radius 3 is 2.62 bits per heavy atom. The second kappa shape index (κ2) is 7.14. The molecule has 0 spiro atoms. The standard InChI is InChI=1S/C16H15N5O2S/c1-10(24-16-18-12-4-2-3-5-13(12)19-16)14(22)20-21-15(23)11-6-8-17-9-7-11/h2-10H,1H3,(H,18,19)(H,20,22)(H,21,23)/t10-/m1/s1. The van der Waals surface area contributed by atoms with E-state index in [1.165, 1.54) is 24.2 Å². The first-order chi connectivity index (χ1) is 11.6. The van der Waals surface area contributed by atoms with E-state index in [1.807, 2.05) is 24.3 Å². The van der Waals surface area contributed by atoms with Gasteiger partial charge in [-0.1, -0.05) is 23.9 Å². The highest BCUT2D eigenvalue weighted by atomic mass is 32.2. The van der Waals surface area contributed by atoms with Crippen LogP contribution < -0.4 is 10.9 Å². The van der Waals surface area contributed by atoms with Crippen molar-refractivity contribution in [2.75, 3.05) is 0 Å². The van der Waals surface area contributed by atoms with Gasteiger partial charge in [0, 0.05) is 18.0 Å². The molecule has 2 aromatic heterocycles. The van der Waals surface area contributed by atoms with Gasteiger partial charge in [0.1, 0.15) is 0 Å². The van der Waals surface area contributed by atoms with Crippen LogP contribution in [0.3, 0.4) is 0 Å². The molecule has 2 heterocycles. The number of para-hydroxylation sites is 2. The van der Waals surface area contributed by atoms with E-state index in [4.69, 9.17) is 0 Å². The molecule has 0 saturated carbocycles. The molecule has 2 amide bonds. The number of rotatable bonds is 4. The third-order valence-electron chi connectivity index (χ3n) is 3.27. The van der Waals surface area contributed by atoms with Crippen molar-refractivity contribution in [2.24, 2.45) is 0 Å². The third kappa shape index (κ3) is 3.72. The fraction of sp³-hybridized carbons (Fsp3) is 0.125. The smallest absolute Gasteiger partial charge is 0.269 e. The molecule has 0 aliphatic rings. The van der Waals surface area contributed by atoms with E-state index in [0.717, 1.165) is 11.0 Å². The molecule has 0 fully saturated rings. The Balaban J connectivity index is 1.55. The van der Waals surface area contributed by atoms with Crippen molar-refractivity contribution in [3.05, 3.63) is 54.4 Å². The van der Waals surface area contributed by atoms with Crippen LogP contribution in [0.5, 0.6) is 0 Å². The molecule has 8 heteroatoms. The average Bonchev–Trinajstić information content (AvgIpc) is 3.02. The topological polar surface area (TPSA) is 99.8 Å². The molecule has 0 aliphatic heterocycles. The Hall–Kier alpha value is -2.87. The number of hydrogen-bond acceptors (Lipinski definition) is 5. The Kier molecular flexibility index (Phi) is 4.76. The monoisotopic (exact) mass is 341 g/mol. The summed E-state index contributed by atoms with van der Waals surface area (Å²) in [5, 5.41) is 0.225. The lowest BCUT2D eigenvalue weighted by molar-refractivity contribution is -0.121. The first kappa shape index (κ1) is 16.0. The summed E-state index contributed by atoms with van der Waals surface area (Å²) < 4.78 is 0. The number of nitrogens with one attached hydrogen (secondary N) is 3. The Bertz CT molecular complexity index is 832. The van der Waals surface area contributed by atoms with Gasteiger partial charge in [0.15, 0.2) is 5.16 Å². The van der Waals surface area contributed by atoms with E-state index < -0.39 is 11.2 Å². The molecule has 0 radical (unpaired) electrons. The van der Waals surface area contributed by atoms with Gasteiger partial charge in [-0.05, 0) is 31.2 Å². The molecule has 7 nitrogen and oxygen atoms in total. The fourth-order valence-electron chi connectivity index (χ4n) is 2.00. The van der Waals surface area contributed by atoms with Crippen molar-refractivity contribution in [3.8, 4) is 0 Å². The lowest BCUT2D eigenvalue weighted by Crippen LogP contribution is -2.44. The van der Waals surface area contributed by atoms with Gasteiger partial charge < -0.3 is 4.98 Å². The van der Waals surface area contributed by atoms with E-state index >= 15 is 0 Å². The average molecular weight is 341 g/mol. The van der Waals surface area contributed by atoms with Crippen molar-refractivity contribution >= 4 is 34.6 Å². The number of amides is 2. The zero-order chi connectivity index (χ0) is 16.9. The van der Waals surface area contributed by atoms with Gasteiger partial charge >= 0.3 is 0 Å². The van der Waals surface area contributed by atoms with Crippen LogP contribution in [0.15, 0.2) is 53.9 Å². The SMILES string of the molecule is C[C@@H](Sc1nc2ccccc2[nH]1)C(=O)NNC(=O)c1ccncc1. The van der Waals surface area contributed by atoms with Gasteiger partial charge in [0.2, 0.25) is 0 Å². The summed E-state index contributed by atoms with van der Waals surface area (Å²) in [6.07, 6.45) is 3.02. The molecule has 0 unspecified atom stereocenters. The van der Waals surface area contributed by atoms with E-state index in [0.29, 0.717) is 10.7 Å². The van der Waals surface area contributed by atoms with Crippen LogP contribution in [0.2, 0.25) is 0 Å². The largest absolute Gasteiger partial charge is 0.333 e. The number of pyridine rings is 1. The normalized spacial score (nSPS) is 11.9. The summed E-state index contributed by atoms with van der Waals surface area (Å²) in [4.78, 5) is 35.4. The number of aromatic nitrogens is 3.